The van der Waals surface area contributed by atoms with E-state index in [2.05, 4.69) is 24.3 Å². The molecule has 2 N–H and O–H groups in total. The second-order valence-corrected chi connectivity index (χ2v) is 7.29. The predicted octanol–water partition coefficient (Wildman–Crippen LogP) is 3.58. The molecule has 2 aromatic carbocycles. The van der Waals surface area contributed by atoms with E-state index in [0.717, 1.165) is 38.5 Å². The Morgan fingerprint density at radius 3 is 1.93 bits per heavy atom. The third kappa shape index (κ3) is 9.03. The summed E-state index contributed by atoms with van der Waals surface area (Å²) in [6.07, 6.45) is 10.3. The molecule has 0 spiro atoms. The molecule has 1 atom stereocenters. The van der Waals surface area contributed by atoms with Gasteiger partial charge in [0.25, 0.3) is 0 Å². The number of rotatable bonds is 2. The molecule has 1 unspecified atom stereocenters. The van der Waals surface area contributed by atoms with Gasteiger partial charge in [0, 0.05) is 19.3 Å². The van der Waals surface area contributed by atoms with E-state index in [1.807, 2.05) is 18.2 Å². The van der Waals surface area contributed by atoms with Gasteiger partial charge in [-0.1, -0.05) is 66.7 Å². The van der Waals surface area contributed by atoms with Crippen molar-refractivity contribution in [2.45, 2.75) is 50.9 Å². The van der Waals surface area contributed by atoms with E-state index in [0.29, 0.717) is 17.2 Å². The quantitative estimate of drug-likeness (QED) is 0.767. The summed E-state index contributed by atoms with van der Waals surface area (Å²) in [6, 6.07) is 19.0. The minimum atomic E-state index is -1.34. The Labute approximate surface area is 173 Å². The Kier molecular flexibility index (Phi) is 10.1. The zero-order valence-electron chi connectivity index (χ0n) is 16.7. The standard InChI is InChI=1S/C12H14O.C6H7BO2.C6H8O/c13-12-8-4-7-11(9-12)10-5-2-1-3-6-10;8-7(9)6-4-2-1-3-5-6;7-6-4-2-1-3-5-6/h1-3,5-6,11H,4,7-9H2;1-5,8-9H;2,4H,1,3,5H2. The minimum absolute atomic E-state index is 0.284. The van der Waals surface area contributed by atoms with Crippen LogP contribution in [0.1, 0.15) is 56.4 Å². The summed E-state index contributed by atoms with van der Waals surface area (Å²) in [5, 5.41) is 17.2. The molecule has 0 saturated heterocycles. The first kappa shape index (κ1) is 22.8. The molecule has 1 fully saturated rings. The number of allylic oxidation sites excluding steroid dienone is 2. The van der Waals surface area contributed by atoms with Crippen LogP contribution in [-0.4, -0.2) is 28.7 Å². The first-order valence-electron chi connectivity index (χ1n) is 10.2. The SMILES string of the molecule is O=C1C=CCCC1.O=C1CCCC(c2ccccc2)C1.OB(O)c1ccccc1. The molecule has 2 aliphatic carbocycles. The number of hydrogen-bond acceptors (Lipinski definition) is 4. The van der Waals surface area contributed by atoms with Gasteiger partial charge in [0.2, 0.25) is 0 Å². The van der Waals surface area contributed by atoms with Crippen LogP contribution in [0, 0.1) is 0 Å². The van der Waals surface area contributed by atoms with Crippen molar-refractivity contribution in [3.8, 4) is 0 Å². The number of carbonyl (C=O) groups excluding carboxylic acids is 2. The van der Waals surface area contributed by atoms with E-state index in [1.54, 1.807) is 30.3 Å². The normalized spacial score (nSPS) is 18.1. The summed E-state index contributed by atoms with van der Waals surface area (Å²) in [5.74, 6) is 1.20. The summed E-state index contributed by atoms with van der Waals surface area (Å²) in [7, 11) is -1.34. The number of carbonyl (C=O) groups is 2. The zero-order valence-corrected chi connectivity index (χ0v) is 16.7. The summed E-state index contributed by atoms with van der Waals surface area (Å²) in [5.41, 5.74) is 1.85. The fraction of sp³-hybridized carbons (Fsp3) is 0.333. The Morgan fingerprint density at radius 1 is 0.828 bits per heavy atom. The molecule has 5 heteroatoms. The first-order chi connectivity index (χ1) is 14.1. The maximum atomic E-state index is 11.2. The van der Waals surface area contributed by atoms with Gasteiger partial charge in [0.15, 0.2) is 5.78 Å². The number of ketones is 2. The van der Waals surface area contributed by atoms with Gasteiger partial charge in [-0.15, -0.1) is 0 Å². The van der Waals surface area contributed by atoms with E-state index < -0.39 is 7.12 Å². The van der Waals surface area contributed by atoms with Gasteiger partial charge in [-0.3, -0.25) is 9.59 Å². The zero-order chi connectivity index (χ0) is 20.9. The van der Waals surface area contributed by atoms with E-state index in [1.165, 1.54) is 12.0 Å². The van der Waals surface area contributed by atoms with Crippen molar-refractivity contribution < 1.29 is 19.6 Å². The molecule has 0 bridgehead atoms. The Hall–Kier alpha value is -2.50. The van der Waals surface area contributed by atoms with Crippen LogP contribution in [0.5, 0.6) is 0 Å². The molecular weight excluding hydrogens is 363 g/mol. The lowest BCUT2D eigenvalue weighted by Gasteiger charge is -2.20. The van der Waals surface area contributed by atoms with Crippen LogP contribution in [0.3, 0.4) is 0 Å². The molecule has 152 valence electrons. The number of benzene rings is 2. The van der Waals surface area contributed by atoms with Gasteiger partial charge in [-0.2, -0.15) is 0 Å². The fourth-order valence-electron chi connectivity index (χ4n) is 3.35. The molecule has 29 heavy (non-hydrogen) atoms. The number of Topliss-reactive ketones (excluding diaryl/α,β-unsaturated/α-hetero) is 1. The smallest absolute Gasteiger partial charge is 0.423 e. The molecule has 0 amide bonds. The van der Waals surface area contributed by atoms with Crippen LogP contribution in [0.15, 0.2) is 72.8 Å². The second kappa shape index (κ2) is 12.9. The fourth-order valence-corrected chi connectivity index (χ4v) is 3.35. The first-order valence-corrected chi connectivity index (χ1v) is 10.2. The van der Waals surface area contributed by atoms with Crippen LogP contribution in [0.25, 0.3) is 0 Å². The van der Waals surface area contributed by atoms with E-state index in [9.17, 15) is 9.59 Å². The molecule has 0 aliphatic heterocycles. The highest BCUT2D eigenvalue weighted by Crippen LogP contribution is 2.30. The predicted molar refractivity (Wildman–Crippen MR) is 117 cm³/mol. The van der Waals surface area contributed by atoms with Gasteiger partial charge < -0.3 is 10.0 Å². The van der Waals surface area contributed by atoms with E-state index in [-0.39, 0.29) is 5.78 Å². The van der Waals surface area contributed by atoms with Crippen LogP contribution in [0.4, 0.5) is 0 Å². The van der Waals surface area contributed by atoms with Crippen molar-refractivity contribution in [2.75, 3.05) is 0 Å². The lowest BCUT2D eigenvalue weighted by molar-refractivity contribution is -0.120. The summed E-state index contributed by atoms with van der Waals surface area (Å²) in [4.78, 5) is 21.6. The van der Waals surface area contributed by atoms with Crippen molar-refractivity contribution in [3.05, 3.63) is 78.4 Å². The van der Waals surface area contributed by atoms with Gasteiger partial charge in [0.05, 0.1) is 0 Å². The highest BCUT2D eigenvalue weighted by molar-refractivity contribution is 6.58. The Bertz CT molecular complexity index is 772. The van der Waals surface area contributed by atoms with Crippen LogP contribution in [-0.2, 0) is 9.59 Å². The largest absolute Gasteiger partial charge is 0.488 e. The summed E-state index contributed by atoms with van der Waals surface area (Å²) < 4.78 is 0. The van der Waals surface area contributed by atoms with Crippen molar-refractivity contribution >= 4 is 24.1 Å². The van der Waals surface area contributed by atoms with E-state index in [4.69, 9.17) is 10.0 Å². The highest BCUT2D eigenvalue weighted by Gasteiger charge is 2.20. The molecule has 0 heterocycles. The number of hydrogen-bond donors (Lipinski definition) is 2. The van der Waals surface area contributed by atoms with Crippen LogP contribution < -0.4 is 5.46 Å². The lowest BCUT2D eigenvalue weighted by atomic mass is 9.81. The lowest BCUT2D eigenvalue weighted by Crippen LogP contribution is -2.29. The average molecular weight is 392 g/mol. The molecule has 4 rings (SSSR count). The van der Waals surface area contributed by atoms with Gasteiger partial charge in [0.1, 0.15) is 5.78 Å². The van der Waals surface area contributed by atoms with Crippen LogP contribution >= 0.6 is 0 Å². The van der Waals surface area contributed by atoms with E-state index >= 15 is 0 Å². The summed E-state index contributed by atoms with van der Waals surface area (Å²) >= 11 is 0. The maximum absolute atomic E-state index is 11.2. The Balaban J connectivity index is 0.000000164. The molecule has 0 radical (unpaired) electrons. The molecule has 2 aliphatic rings. The van der Waals surface area contributed by atoms with Crippen molar-refractivity contribution in [2.24, 2.45) is 0 Å². The molecule has 1 saturated carbocycles. The highest BCUT2D eigenvalue weighted by atomic mass is 16.4. The Morgan fingerprint density at radius 2 is 1.48 bits per heavy atom. The third-order valence-electron chi connectivity index (χ3n) is 4.95. The molecule has 2 aromatic rings. The third-order valence-corrected chi connectivity index (χ3v) is 4.95. The van der Waals surface area contributed by atoms with Gasteiger partial charge >= 0.3 is 7.12 Å². The maximum Gasteiger partial charge on any atom is 0.488 e. The molecule has 0 aromatic heterocycles. The van der Waals surface area contributed by atoms with Crippen molar-refractivity contribution in [1.29, 1.82) is 0 Å². The van der Waals surface area contributed by atoms with Crippen molar-refractivity contribution in [1.82, 2.24) is 0 Å². The topological polar surface area (TPSA) is 74.6 Å². The monoisotopic (exact) mass is 392 g/mol. The van der Waals surface area contributed by atoms with Gasteiger partial charge in [-0.25, -0.2) is 0 Å². The minimum Gasteiger partial charge on any atom is -0.423 e. The van der Waals surface area contributed by atoms with Gasteiger partial charge in [-0.05, 0) is 48.7 Å². The van der Waals surface area contributed by atoms with Crippen LogP contribution in [0.2, 0.25) is 0 Å². The average Bonchev–Trinajstić information content (AvgIpc) is 2.76. The second-order valence-electron chi connectivity index (χ2n) is 7.29. The molecule has 4 nitrogen and oxygen atoms in total. The summed E-state index contributed by atoms with van der Waals surface area (Å²) in [6.45, 7) is 0. The van der Waals surface area contributed by atoms with Crippen molar-refractivity contribution in [3.63, 3.8) is 0 Å². The molecular formula is C24H29BO4.